The molecule has 0 bridgehead atoms. The predicted octanol–water partition coefficient (Wildman–Crippen LogP) is 2.62. The summed E-state index contributed by atoms with van der Waals surface area (Å²) in [6, 6.07) is 7.06. The highest BCUT2D eigenvalue weighted by atomic mass is 35.5. The Morgan fingerprint density at radius 1 is 1.37 bits per heavy atom. The number of hydrogen-bond acceptors (Lipinski definition) is 3. The van der Waals surface area contributed by atoms with E-state index in [1.165, 1.54) is 25.8 Å². The van der Waals surface area contributed by atoms with Gasteiger partial charge in [-0.1, -0.05) is 23.8 Å². The van der Waals surface area contributed by atoms with Crippen molar-refractivity contribution in [1.82, 2.24) is 4.90 Å². The van der Waals surface area contributed by atoms with Gasteiger partial charge in [-0.3, -0.25) is 4.90 Å². The molecule has 2 fully saturated rings. The summed E-state index contributed by atoms with van der Waals surface area (Å²) in [5.74, 6) is 0. The number of benzene rings is 1. The first-order valence-electron chi connectivity index (χ1n) is 6.73. The number of thiocarbonyl (C=S) groups is 1. The van der Waals surface area contributed by atoms with Crippen LogP contribution in [0.2, 0.25) is 5.02 Å². The molecule has 1 saturated heterocycles. The van der Waals surface area contributed by atoms with E-state index >= 15 is 0 Å². The summed E-state index contributed by atoms with van der Waals surface area (Å²) in [5.41, 5.74) is 7.39. The van der Waals surface area contributed by atoms with Crippen LogP contribution in [0.15, 0.2) is 18.2 Å². The molecule has 0 amide bonds. The molecule has 3 N–H and O–H groups in total. The Balaban J connectivity index is 1.65. The average Bonchev–Trinajstić information content (AvgIpc) is 3.12. The number of nitrogens with zero attached hydrogens (tertiary/aromatic N) is 1. The highest BCUT2D eigenvalue weighted by Crippen LogP contribution is 2.31. The first-order chi connectivity index (χ1) is 9.13. The van der Waals surface area contributed by atoms with Crippen LogP contribution in [-0.4, -0.2) is 35.1 Å². The van der Waals surface area contributed by atoms with Gasteiger partial charge < -0.3 is 11.1 Å². The van der Waals surface area contributed by atoms with Crippen LogP contribution in [0.3, 0.4) is 0 Å². The number of likely N-dealkylation sites (tertiary alicyclic amines) is 1. The van der Waals surface area contributed by atoms with E-state index in [2.05, 4.69) is 10.2 Å². The lowest BCUT2D eigenvalue weighted by Gasteiger charge is -2.17. The van der Waals surface area contributed by atoms with Crippen molar-refractivity contribution in [3.63, 3.8) is 0 Å². The molecule has 1 aromatic carbocycles. The van der Waals surface area contributed by atoms with Crippen molar-refractivity contribution in [3.05, 3.63) is 28.8 Å². The van der Waals surface area contributed by atoms with Crippen LogP contribution in [0.25, 0.3) is 0 Å². The van der Waals surface area contributed by atoms with Crippen LogP contribution in [0.1, 0.15) is 24.8 Å². The molecule has 1 heterocycles. The molecule has 0 aromatic heterocycles. The Kier molecular flexibility index (Phi) is 3.65. The van der Waals surface area contributed by atoms with Gasteiger partial charge in [0, 0.05) is 30.7 Å². The Labute approximate surface area is 124 Å². The highest BCUT2D eigenvalue weighted by Gasteiger charge is 2.34. The molecule has 0 radical (unpaired) electrons. The van der Waals surface area contributed by atoms with Crippen molar-refractivity contribution in [2.45, 2.75) is 31.3 Å². The highest BCUT2D eigenvalue weighted by molar-refractivity contribution is 7.80. The molecule has 5 heteroatoms. The van der Waals surface area contributed by atoms with Crippen LogP contribution in [0, 0.1) is 0 Å². The third-order valence-electron chi connectivity index (χ3n) is 3.90. The van der Waals surface area contributed by atoms with Gasteiger partial charge in [-0.15, -0.1) is 0 Å². The molecular weight excluding hydrogens is 278 g/mol. The first kappa shape index (κ1) is 13.2. The van der Waals surface area contributed by atoms with Crippen LogP contribution < -0.4 is 11.1 Å². The Hall–Kier alpha value is -0.840. The number of rotatable bonds is 4. The van der Waals surface area contributed by atoms with E-state index in [9.17, 15) is 0 Å². The average molecular weight is 296 g/mol. The minimum Gasteiger partial charge on any atom is -0.389 e. The van der Waals surface area contributed by atoms with Gasteiger partial charge in [-0.05, 0) is 37.5 Å². The quantitative estimate of drug-likeness (QED) is 0.838. The molecule has 3 nitrogen and oxygen atoms in total. The predicted molar refractivity (Wildman–Crippen MR) is 84.0 cm³/mol. The Morgan fingerprint density at radius 3 is 2.79 bits per heavy atom. The van der Waals surface area contributed by atoms with E-state index < -0.39 is 0 Å². The summed E-state index contributed by atoms with van der Waals surface area (Å²) >= 11 is 11.2. The SMILES string of the molecule is NC(=S)c1ccc(NC2CCN(C3CC3)C2)c(Cl)c1. The van der Waals surface area contributed by atoms with Crippen molar-refractivity contribution in [2.24, 2.45) is 5.73 Å². The second-order valence-electron chi connectivity index (χ2n) is 5.41. The standard InChI is InChI=1S/C14H18ClN3S/c15-12-7-9(14(16)19)1-4-13(12)17-10-5-6-18(8-10)11-2-3-11/h1,4,7,10-11,17H,2-3,5-6,8H2,(H2,16,19). The maximum absolute atomic E-state index is 6.27. The van der Waals surface area contributed by atoms with Gasteiger partial charge in [0.2, 0.25) is 0 Å². The van der Waals surface area contributed by atoms with E-state index in [0.29, 0.717) is 16.1 Å². The van der Waals surface area contributed by atoms with Gasteiger partial charge in [-0.2, -0.15) is 0 Å². The molecule has 3 rings (SSSR count). The number of hydrogen-bond donors (Lipinski definition) is 2. The second-order valence-corrected chi connectivity index (χ2v) is 6.26. The molecule has 102 valence electrons. The largest absolute Gasteiger partial charge is 0.389 e. The summed E-state index contributed by atoms with van der Waals surface area (Å²) < 4.78 is 0. The fourth-order valence-corrected chi connectivity index (χ4v) is 3.04. The van der Waals surface area contributed by atoms with E-state index in [1.54, 1.807) is 0 Å². The van der Waals surface area contributed by atoms with Crippen LogP contribution in [0.4, 0.5) is 5.69 Å². The van der Waals surface area contributed by atoms with E-state index in [1.807, 2.05) is 18.2 Å². The fourth-order valence-electron chi connectivity index (χ4n) is 2.68. The lowest BCUT2D eigenvalue weighted by molar-refractivity contribution is 0.326. The molecule has 1 atom stereocenters. The number of nitrogens with two attached hydrogens (primary N) is 1. The molecule has 1 aliphatic heterocycles. The van der Waals surface area contributed by atoms with Gasteiger partial charge in [0.05, 0.1) is 10.7 Å². The van der Waals surface area contributed by atoms with Crippen LogP contribution >= 0.6 is 23.8 Å². The summed E-state index contributed by atoms with van der Waals surface area (Å²) in [5, 5.41) is 4.22. The minimum atomic E-state index is 0.384. The number of halogens is 1. The zero-order valence-electron chi connectivity index (χ0n) is 10.7. The van der Waals surface area contributed by atoms with Crippen molar-refractivity contribution in [3.8, 4) is 0 Å². The minimum absolute atomic E-state index is 0.384. The maximum Gasteiger partial charge on any atom is 0.104 e. The summed E-state index contributed by atoms with van der Waals surface area (Å²) in [6.45, 7) is 2.32. The number of anilines is 1. The topological polar surface area (TPSA) is 41.3 Å². The van der Waals surface area contributed by atoms with Crippen molar-refractivity contribution in [2.75, 3.05) is 18.4 Å². The van der Waals surface area contributed by atoms with Gasteiger partial charge in [0.15, 0.2) is 0 Å². The number of nitrogens with one attached hydrogen (secondary N) is 1. The fraction of sp³-hybridized carbons (Fsp3) is 0.500. The molecule has 1 aliphatic carbocycles. The van der Waals surface area contributed by atoms with E-state index in [4.69, 9.17) is 29.6 Å². The molecule has 1 unspecified atom stereocenters. The monoisotopic (exact) mass is 295 g/mol. The third kappa shape index (κ3) is 3.02. The summed E-state index contributed by atoms with van der Waals surface area (Å²) in [6.07, 6.45) is 3.93. The smallest absolute Gasteiger partial charge is 0.104 e. The van der Waals surface area contributed by atoms with E-state index in [-0.39, 0.29) is 0 Å². The molecule has 0 spiro atoms. The normalized spacial score (nSPS) is 23.5. The summed E-state index contributed by atoms with van der Waals surface area (Å²) in [7, 11) is 0. The zero-order chi connectivity index (χ0) is 13.4. The molecule has 1 aromatic rings. The molecule has 2 aliphatic rings. The van der Waals surface area contributed by atoms with Gasteiger partial charge in [0.1, 0.15) is 4.99 Å². The van der Waals surface area contributed by atoms with Gasteiger partial charge in [0.25, 0.3) is 0 Å². The molecular formula is C14H18ClN3S. The molecule has 1 saturated carbocycles. The summed E-state index contributed by atoms with van der Waals surface area (Å²) in [4.78, 5) is 2.96. The lowest BCUT2D eigenvalue weighted by atomic mass is 10.2. The Bertz CT molecular complexity index is 501. The van der Waals surface area contributed by atoms with Crippen LogP contribution in [0.5, 0.6) is 0 Å². The third-order valence-corrected chi connectivity index (χ3v) is 4.44. The first-order valence-corrected chi connectivity index (χ1v) is 7.52. The zero-order valence-corrected chi connectivity index (χ0v) is 12.3. The second kappa shape index (κ2) is 5.27. The van der Waals surface area contributed by atoms with Crippen molar-refractivity contribution >= 4 is 34.5 Å². The molecule has 19 heavy (non-hydrogen) atoms. The van der Waals surface area contributed by atoms with Crippen molar-refractivity contribution in [1.29, 1.82) is 0 Å². The lowest BCUT2D eigenvalue weighted by Crippen LogP contribution is -2.27. The Morgan fingerprint density at radius 2 is 2.16 bits per heavy atom. The maximum atomic E-state index is 6.27. The van der Waals surface area contributed by atoms with Gasteiger partial charge >= 0.3 is 0 Å². The van der Waals surface area contributed by atoms with Crippen molar-refractivity contribution < 1.29 is 0 Å². The van der Waals surface area contributed by atoms with Crippen LogP contribution in [-0.2, 0) is 0 Å². The van der Waals surface area contributed by atoms with E-state index in [0.717, 1.165) is 23.8 Å². The van der Waals surface area contributed by atoms with Gasteiger partial charge in [-0.25, -0.2) is 0 Å².